The van der Waals surface area contributed by atoms with Crippen LogP contribution in [0.1, 0.15) is 30.2 Å². The summed E-state index contributed by atoms with van der Waals surface area (Å²) in [7, 11) is 0. The minimum Gasteiger partial charge on any atom is -0.387 e. The highest BCUT2D eigenvalue weighted by Gasteiger charge is 2.43. The van der Waals surface area contributed by atoms with E-state index in [4.69, 9.17) is 0 Å². The molecule has 0 spiro atoms. The van der Waals surface area contributed by atoms with Gasteiger partial charge < -0.3 is 5.11 Å². The molecule has 0 amide bonds. The summed E-state index contributed by atoms with van der Waals surface area (Å²) < 4.78 is 12.9. The van der Waals surface area contributed by atoms with E-state index in [-0.39, 0.29) is 17.9 Å². The third kappa shape index (κ3) is 2.60. The fourth-order valence-corrected chi connectivity index (χ4v) is 2.70. The fourth-order valence-electron chi connectivity index (χ4n) is 2.70. The van der Waals surface area contributed by atoms with Gasteiger partial charge in [-0.2, -0.15) is 0 Å². The average Bonchev–Trinajstić information content (AvgIpc) is 3.28. The zero-order valence-electron chi connectivity index (χ0n) is 11.4. The lowest BCUT2D eigenvalue weighted by atomic mass is 10.1. The van der Waals surface area contributed by atoms with E-state index in [0.29, 0.717) is 0 Å². The molecule has 0 aliphatic carbocycles. The van der Waals surface area contributed by atoms with Crippen LogP contribution in [0.2, 0.25) is 0 Å². The van der Waals surface area contributed by atoms with Crippen LogP contribution in [0.25, 0.3) is 0 Å². The van der Waals surface area contributed by atoms with Crippen molar-refractivity contribution in [2.24, 2.45) is 0 Å². The summed E-state index contributed by atoms with van der Waals surface area (Å²) >= 11 is 0. The molecule has 2 aromatic carbocycles. The summed E-state index contributed by atoms with van der Waals surface area (Å²) in [6, 6.07) is 16.8. The number of aliphatic hydroxyl groups excluding tert-OH is 1. The monoisotopic (exact) mass is 271 g/mol. The van der Waals surface area contributed by atoms with Crippen molar-refractivity contribution >= 4 is 0 Å². The predicted molar refractivity (Wildman–Crippen MR) is 76.7 cm³/mol. The van der Waals surface area contributed by atoms with E-state index in [1.54, 1.807) is 12.1 Å². The maximum Gasteiger partial charge on any atom is 0.123 e. The Hall–Kier alpha value is -1.71. The molecule has 1 heterocycles. The number of rotatable bonds is 4. The van der Waals surface area contributed by atoms with E-state index < -0.39 is 6.10 Å². The smallest absolute Gasteiger partial charge is 0.123 e. The SMILES string of the molecule is C[C@H](c1ccccc1)N1C[C@H]1[C@H](O)c1ccc(F)cc1. The summed E-state index contributed by atoms with van der Waals surface area (Å²) in [4.78, 5) is 2.25. The Morgan fingerprint density at radius 3 is 2.35 bits per heavy atom. The lowest BCUT2D eigenvalue weighted by Gasteiger charge is -2.17. The molecule has 20 heavy (non-hydrogen) atoms. The first kappa shape index (κ1) is 13.3. The van der Waals surface area contributed by atoms with E-state index >= 15 is 0 Å². The Balaban J connectivity index is 1.68. The Morgan fingerprint density at radius 1 is 1.05 bits per heavy atom. The molecule has 0 aromatic heterocycles. The van der Waals surface area contributed by atoms with E-state index in [2.05, 4.69) is 24.0 Å². The third-order valence-electron chi connectivity index (χ3n) is 4.05. The van der Waals surface area contributed by atoms with Gasteiger partial charge in [0.25, 0.3) is 0 Å². The van der Waals surface area contributed by atoms with Gasteiger partial charge in [-0.25, -0.2) is 4.39 Å². The van der Waals surface area contributed by atoms with Crippen LogP contribution in [0.15, 0.2) is 54.6 Å². The lowest BCUT2D eigenvalue weighted by molar-refractivity contribution is 0.151. The molecule has 2 aromatic rings. The standard InChI is InChI=1S/C17H18FNO/c1-12(13-5-3-2-4-6-13)19-11-16(19)17(20)14-7-9-15(18)10-8-14/h2-10,12,16-17,20H,11H2,1H3/t12-,16+,17-,19?/m1/s1. The van der Waals surface area contributed by atoms with Crippen molar-refractivity contribution in [1.29, 1.82) is 0 Å². The van der Waals surface area contributed by atoms with Crippen LogP contribution < -0.4 is 0 Å². The van der Waals surface area contributed by atoms with Gasteiger partial charge in [-0.15, -0.1) is 0 Å². The average molecular weight is 271 g/mol. The first-order valence-corrected chi connectivity index (χ1v) is 6.91. The van der Waals surface area contributed by atoms with Gasteiger partial charge in [0.1, 0.15) is 5.82 Å². The van der Waals surface area contributed by atoms with Gasteiger partial charge in [0.05, 0.1) is 12.1 Å². The molecule has 104 valence electrons. The number of hydrogen-bond acceptors (Lipinski definition) is 2. The summed E-state index contributed by atoms with van der Waals surface area (Å²) in [5, 5.41) is 10.4. The quantitative estimate of drug-likeness (QED) is 0.862. The molecule has 1 aliphatic heterocycles. The molecule has 1 N–H and O–H groups in total. The topological polar surface area (TPSA) is 23.2 Å². The largest absolute Gasteiger partial charge is 0.387 e. The molecule has 4 atom stereocenters. The third-order valence-corrected chi connectivity index (χ3v) is 4.05. The van der Waals surface area contributed by atoms with Crippen LogP contribution in [-0.4, -0.2) is 22.6 Å². The van der Waals surface area contributed by atoms with Gasteiger partial charge in [-0.05, 0) is 30.2 Å². The fraction of sp³-hybridized carbons (Fsp3) is 0.294. The molecule has 1 unspecified atom stereocenters. The molecule has 3 rings (SSSR count). The van der Waals surface area contributed by atoms with Crippen LogP contribution in [0.4, 0.5) is 4.39 Å². The number of halogens is 1. The van der Waals surface area contributed by atoms with Crippen molar-refractivity contribution in [3.8, 4) is 0 Å². The van der Waals surface area contributed by atoms with Crippen molar-refractivity contribution in [2.75, 3.05) is 6.54 Å². The van der Waals surface area contributed by atoms with Crippen molar-refractivity contribution in [3.63, 3.8) is 0 Å². The van der Waals surface area contributed by atoms with Crippen molar-refractivity contribution in [2.45, 2.75) is 25.1 Å². The Bertz CT molecular complexity index is 569. The number of hydrogen-bond donors (Lipinski definition) is 1. The highest BCUT2D eigenvalue weighted by Crippen LogP contribution is 2.38. The lowest BCUT2D eigenvalue weighted by Crippen LogP contribution is -2.14. The van der Waals surface area contributed by atoms with Crippen LogP contribution in [0, 0.1) is 5.82 Å². The van der Waals surface area contributed by atoms with E-state index in [1.165, 1.54) is 17.7 Å². The second-order valence-electron chi connectivity index (χ2n) is 5.35. The highest BCUT2D eigenvalue weighted by atomic mass is 19.1. The van der Waals surface area contributed by atoms with Crippen molar-refractivity contribution in [1.82, 2.24) is 4.90 Å². The van der Waals surface area contributed by atoms with Crippen molar-refractivity contribution < 1.29 is 9.50 Å². The minimum atomic E-state index is -0.554. The zero-order valence-corrected chi connectivity index (χ0v) is 11.4. The summed E-state index contributed by atoms with van der Waals surface area (Å²) in [5.74, 6) is -0.272. The molecule has 1 saturated heterocycles. The maximum atomic E-state index is 12.9. The van der Waals surface area contributed by atoms with Gasteiger partial charge in [0, 0.05) is 12.6 Å². The van der Waals surface area contributed by atoms with Gasteiger partial charge >= 0.3 is 0 Å². The second kappa shape index (κ2) is 5.35. The number of aliphatic hydroxyl groups is 1. The molecule has 0 radical (unpaired) electrons. The number of nitrogens with zero attached hydrogens (tertiary/aromatic N) is 1. The second-order valence-corrected chi connectivity index (χ2v) is 5.35. The molecule has 2 nitrogen and oxygen atoms in total. The van der Waals surface area contributed by atoms with Crippen LogP contribution in [0.5, 0.6) is 0 Å². The molecule has 1 aliphatic rings. The molecule has 1 fully saturated rings. The molecule has 3 heteroatoms. The maximum absolute atomic E-state index is 12.9. The van der Waals surface area contributed by atoms with E-state index in [1.807, 2.05) is 18.2 Å². The summed E-state index contributed by atoms with van der Waals surface area (Å²) in [6.45, 7) is 3.02. The molecular formula is C17H18FNO. The summed E-state index contributed by atoms with van der Waals surface area (Å²) in [6.07, 6.45) is -0.554. The Morgan fingerprint density at radius 2 is 1.70 bits per heavy atom. The van der Waals surface area contributed by atoms with E-state index in [9.17, 15) is 9.50 Å². The predicted octanol–water partition coefficient (Wildman–Crippen LogP) is 3.30. The van der Waals surface area contributed by atoms with Gasteiger partial charge in [0.2, 0.25) is 0 Å². The highest BCUT2D eigenvalue weighted by molar-refractivity contribution is 5.25. The van der Waals surface area contributed by atoms with Crippen LogP contribution in [0.3, 0.4) is 0 Å². The zero-order chi connectivity index (χ0) is 14.1. The van der Waals surface area contributed by atoms with Gasteiger partial charge in [-0.3, -0.25) is 4.90 Å². The van der Waals surface area contributed by atoms with Crippen LogP contribution in [-0.2, 0) is 0 Å². The molecular weight excluding hydrogens is 253 g/mol. The Kier molecular flexibility index (Phi) is 3.55. The van der Waals surface area contributed by atoms with E-state index in [0.717, 1.165) is 12.1 Å². The minimum absolute atomic E-state index is 0.121. The Labute approximate surface area is 118 Å². The van der Waals surface area contributed by atoms with Gasteiger partial charge in [-0.1, -0.05) is 42.5 Å². The molecule has 0 bridgehead atoms. The first-order valence-electron chi connectivity index (χ1n) is 6.91. The molecule has 0 saturated carbocycles. The van der Waals surface area contributed by atoms with Gasteiger partial charge in [0.15, 0.2) is 0 Å². The number of benzene rings is 2. The normalized spacial score (nSPS) is 24.1. The summed E-state index contributed by atoms with van der Waals surface area (Å²) in [5.41, 5.74) is 2.03. The van der Waals surface area contributed by atoms with Crippen LogP contribution >= 0.6 is 0 Å². The first-order chi connectivity index (χ1) is 9.66. The van der Waals surface area contributed by atoms with Crippen molar-refractivity contribution in [3.05, 3.63) is 71.5 Å².